The van der Waals surface area contributed by atoms with Crippen LogP contribution in [0.3, 0.4) is 0 Å². The highest BCUT2D eigenvalue weighted by molar-refractivity contribution is 5.97. The molecule has 1 aliphatic rings. The first-order valence-corrected chi connectivity index (χ1v) is 10.3. The Hall–Kier alpha value is -3.41. The summed E-state index contributed by atoms with van der Waals surface area (Å²) in [6.45, 7) is 5.88. The second-order valence-electron chi connectivity index (χ2n) is 7.67. The van der Waals surface area contributed by atoms with E-state index in [2.05, 4.69) is 22.5 Å². The van der Waals surface area contributed by atoms with Crippen molar-refractivity contribution in [1.29, 1.82) is 0 Å². The van der Waals surface area contributed by atoms with Crippen molar-refractivity contribution < 1.29 is 9.59 Å². The number of nitrogens with one attached hydrogen (secondary N) is 1. The minimum absolute atomic E-state index is 0.135. The molecule has 6 nitrogen and oxygen atoms in total. The van der Waals surface area contributed by atoms with Crippen LogP contribution < -0.4 is 10.2 Å². The monoisotopic (exact) mass is 402 g/mol. The number of anilines is 1. The number of carbonyl (C=O) groups is 2. The van der Waals surface area contributed by atoms with Gasteiger partial charge in [0.1, 0.15) is 0 Å². The van der Waals surface area contributed by atoms with Crippen molar-refractivity contribution in [3.8, 4) is 0 Å². The zero-order valence-corrected chi connectivity index (χ0v) is 17.4. The average Bonchev–Trinajstić information content (AvgIpc) is 3.30. The number of carbonyl (C=O) groups excluding carboxylic acids is 2. The van der Waals surface area contributed by atoms with Gasteiger partial charge in [0.2, 0.25) is 5.91 Å². The summed E-state index contributed by atoms with van der Waals surface area (Å²) in [5, 5.41) is 7.65. The third-order valence-corrected chi connectivity index (χ3v) is 5.65. The SMILES string of the molecule is Cc1nn(Cc2ccccc2)c(C)c1CNC(=O)c1ccc(N2CCCC2=O)cc1. The van der Waals surface area contributed by atoms with Crippen molar-refractivity contribution in [2.45, 2.75) is 39.8 Å². The zero-order chi connectivity index (χ0) is 21.1. The number of benzene rings is 2. The predicted octanol–water partition coefficient (Wildman–Crippen LogP) is 3.61. The first-order valence-electron chi connectivity index (χ1n) is 10.3. The summed E-state index contributed by atoms with van der Waals surface area (Å²) in [7, 11) is 0. The summed E-state index contributed by atoms with van der Waals surface area (Å²) in [6, 6.07) is 17.4. The maximum absolute atomic E-state index is 12.6. The highest BCUT2D eigenvalue weighted by atomic mass is 16.2. The number of hydrogen-bond acceptors (Lipinski definition) is 3. The van der Waals surface area contributed by atoms with Crippen LogP contribution in [0, 0.1) is 13.8 Å². The third-order valence-electron chi connectivity index (χ3n) is 5.65. The Morgan fingerprint density at radius 2 is 1.80 bits per heavy atom. The molecule has 2 heterocycles. The fourth-order valence-electron chi connectivity index (χ4n) is 3.88. The lowest BCUT2D eigenvalue weighted by atomic mass is 10.1. The van der Waals surface area contributed by atoms with Gasteiger partial charge in [0.05, 0.1) is 12.2 Å². The van der Waals surface area contributed by atoms with Gasteiger partial charge in [-0.3, -0.25) is 14.3 Å². The van der Waals surface area contributed by atoms with Crippen LogP contribution in [0.15, 0.2) is 54.6 Å². The van der Waals surface area contributed by atoms with E-state index in [1.807, 2.05) is 48.9 Å². The molecule has 154 valence electrons. The summed E-state index contributed by atoms with van der Waals surface area (Å²) in [6.07, 6.45) is 1.48. The largest absolute Gasteiger partial charge is 0.348 e. The van der Waals surface area contributed by atoms with Gasteiger partial charge in [-0.25, -0.2) is 0 Å². The molecular weight excluding hydrogens is 376 g/mol. The summed E-state index contributed by atoms with van der Waals surface area (Å²) in [4.78, 5) is 26.3. The van der Waals surface area contributed by atoms with Gasteiger partial charge in [0.15, 0.2) is 0 Å². The molecule has 0 spiro atoms. The maximum atomic E-state index is 12.6. The van der Waals surface area contributed by atoms with Crippen LogP contribution in [-0.2, 0) is 17.9 Å². The number of aryl methyl sites for hydroxylation is 1. The lowest BCUT2D eigenvalue weighted by Crippen LogP contribution is -2.25. The first-order chi connectivity index (χ1) is 14.5. The Morgan fingerprint density at radius 1 is 1.07 bits per heavy atom. The molecule has 4 rings (SSSR count). The number of hydrogen-bond donors (Lipinski definition) is 1. The van der Waals surface area contributed by atoms with Crippen LogP contribution in [-0.4, -0.2) is 28.1 Å². The molecule has 1 N–H and O–H groups in total. The molecule has 0 aliphatic carbocycles. The van der Waals surface area contributed by atoms with Crippen molar-refractivity contribution in [2.24, 2.45) is 0 Å². The highest BCUT2D eigenvalue weighted by Gasteiger charge is 2.21. The molecule has 1 fully saturated rings. The van der Waals surface area contributed by atoms with E-state index in [0.717, 1.165) is 35.6 Å². The van der Waals surface area contributed by atoms with Crippen molar-refractivity contribution in [3.63, 3.8) is 0 Å². The average molecular weight is 402 g/mol. The van der Waals surface area contributed by atoms with Crippen LogP contribution in [0.1, 0.15) is 45.7 Å². The van der Waals surface area contributed by atoms with Gasteiger partial charge in [0.25, 0.3) is 5.91 Å². The number of rotatable bonds is 6. The topological polar surface area (TPSA) is 67.2 Å². The normalized spacial score (nSPS) is 13.7. The molecular formula is C24H26N4O2. The lowest BCUT2D eigenvalue weighted by molar-refractivity contribution is -0.117. The molecule has 0 unspecified atom stereocenters. The predicted molar refractivity (Wildman–Crippen MR) is 116 cm³/mol. The van der Waals surface area contributed by atoms with Crippen molar-refractivity contribution in [1.82, 2.24) is 15.1 Å². The van der Waals surface area contributed by atoms with Crippen LogP contribution in [0.5, 0.6) is 0 Å². The Bertz CT molecular complexity index is 1050. The Kier molecular flexibility index (Phi) is 5.65. The summed E-state index contributed by atoms with van der Waals surface area (Å²) in [5.41, 5.74) is 5.64. The van der Waals surface area contributed by atoms with E-state index in [9.17, 15) is 9.59 Å². The molecule has 30 heavy (non-hydrogen) atoms. The maximum Gasteiger partial charge on any atom is 0.251 e. The van der Waals surface area contributed by atoms with Gasteiger partial charge in [-0.15, -0.1) is 0 Å². The van der Waals surface area contributed by atoms with Gasteiger partial charge in [-0.1, -0.05) is 30.3 Å². The second kappa shape index (κ2) is 8.53. The standard InChI is InChI=1S/C24H26N4O2/c1-17-22(18(2)28(26-17)16-19-7-4-3-5-8-19)15-25-24(30)20-10-12-21(13-11-20)27-14-6-9-23(27)29/h3-5,7-8,10-13H,6,9,14-16H2,1-2H3,(H,25,30). The summed E-state index contributed by atoms with van der Waals surface area (Å²) >= 11 is 0. The summed E-state index contributed by atoms with van der Waals surface area (Å²) < 4.78 is 1.98. The van der Waals surface area contributed by atoms with E-state index in [0.29, 0.717) is 25.1 Å². The fraction of sp³-hybridized carbons (Fsp3) is 0.292. The van der Waals surface area contributed by atoms with Crippen LogP contribution >= 0.6 is 0 Å². The van der Waals surface area contributed by atoms with Gasteiger partial charge < -0.3 is 10.2 Å². The molecule has 2 amide bonds. The number of aromatic nitrogens is 2. The van der Waals surface area contributed by atoms with E-state index < -0.39 is 0 Å². The van der Waals surface area contributed by atoms with Crippen LogP contribution in [0.4, 0.5) is 5.69 Å². The van der Waals surface area contributed by atoms with Crippen molar-refractivity contribution >= 4 is 17.5 Å². The Balaban J connectivity index is 1.41. The van der Waals surface area contributed by atoms with E-state index >= 15 is 0 Å². The van der Waals surface area contributed by atoms with E-state index in [4.69, 9.17) is 0 Å². The molecule has 0 bridgehead atoms. The summed E-state index contributed by atoms with van der Waals surface area (Å²) in [5.74, 6) is 0.00887. The molecule has 1 aromatic heterocycles. The van der Waals surface area contributed by atoms with Crippen molar-refractivity contribution in [3.05, 3.63) is 82.7 Å². The molecule has 0 atom stereocenters. The lowest BCUT2D eigenvalue weighted by Gasteiger charge is -2.15. The molecule has 1 saturated heterocycles. The number of nitrogens with zero attached hydrogens (tertiary/aromatic N) is 3. The fourth-order valence-corrected chi connectivity index (χ4v) is 3.88. The third kappa shape index (κ3) is 4.13. The van der Waals surface area contributed by atoms with Gasteiger partial charge in [-0.05, 0) is 50.1 Å². The molecule has 3 aromatic rings. The molecule has 1 aliphatic heterocycles. The number of amides is 2. The van der Waals surface area contributed by atoms with Crippen molar-refractivity contribution in [2.75, 3.05) is 11.4 Å². The second-order valence-corrected chi connectivity index (χ2v) is 7.67. The van der Waals surface area contributed by atoms with E-state index in [1.165, 1.54) is 5.56 Å². The molecule has 2 aromatic carbocycles. The van der Waals surface area contributed by atoms with Crippen LogP contribution in [0.25, 0.3) is 0 Å². The highest BCUT2D eigenvalue weighted by Crippen LogP contribution is 2.22. The Morgan fingerprint density at radius 3 is 2.47 bits per heavy atom. The smallest absolute Gasteiger partial charge is 0.251 e. The zero-order valence-electron chi connectivity index (χ0n) is 17.4. The quantitative estimate of drug-likeness (QED) is 0.685. The van der Waals surface area contributed by atoms with E-state index in [-0.39, 0.29) is 11.8 Å². The van der Waals surface area contributed by atoms with E-state index in [1.54, 1.807) is 17.0 Å². The first kappa shape index (κ1) is 19.9. The molecule has 0 saturated carbocycles. The minimum Gasteiger partial charge on any atom is -0.348 e. The van der Waals surface area contributed by atoms with Gasteiger partial charge in [-0.2, -0.15) is 5.10 Å². The van der Waals surface area contributed by atoms with Gasteiger partial charge >= 0.3 is 0 Å². The minimum atomic E-state index is -0.135. The molecule has 6 heteroatoms. The van der Waals surface area contributed by atoms with Crippen LogP contribution in [0.2, 0.25) is 0 Å². The molecule has 0 radical (unpaired) electrons. The van der Waals surface area contributed by atoms with Gasteiger partial charge in [0, 0.05) is 42.0 Å². The Labute approximate surface area is 176 Å².